The van der Waals surface area contributed by atoms with Crippen LogP contribution < -0.4 is 9.47 Å². The Morgan fingerprint density at radius 1 is 1.04 bits per heavy atom. The normalized spacial score (nSPS) is 10.0. The number of rotatable bonds is 6. The maximum atomic E-state index is 11.7. The van der Waals surface area contributed by atoms with Gasteiger partial charge in [0, 0.05) is 17.7 Å². The summed E-state index contributed by atoms with van der Waals surface area (Å²) in [5, 5.41) is 21.4. The summed E-state index contributed by atoms with van der Waals surface area (Å²) in [5.74, 6) is -0.443. The highest BCUT2D eigenvalue weighted by Gasteiger charge is 2.13. The zero-order chi connectivity index (χ0) is 17.7. The van der Waals surface area contributed by atoms with Crippen LogP contribution in [0.5, 0.6) is 11.5 Å². The van der Waals surface area contributed by atoms with E-state index in [0.717, 1.165) is 0 Å². The van der Waals surface area contributed by atoms with Crippen molar-refractivity contribution in [1.82, 2.24) is 0 Å². The lowest BCUT2D eigenvalue weighted by Gasteiger charge is -2.07. The van der Waals surface area contributed by atoms with Crippen LogP contribution in [0.1, 0.15) is 5.56 Å². The lowest BCUT2D eigenvalue weighted by atomic mass is 10.2. The molecule has 0 spiro atoms. The number of hydrogen-bond donors (Lipinski definition) is 0. The largest absolute Gasteiger partial charge is 0.482 e. The highest BCUT2D eigenvalue weighted by molar-refractivity contribution is 5.74. The molecule has 2 rings (SSSR count). The fraction of sp³-hybridized carbons (Fsp3) is 0.133. The number of carbonyl (C=O) groups is 1. The zero-order valence-electron chi connectivity index (χ0n) is 12.5. The maximum absolute atomic E-state index is 11.7. The second-order valence-electron chi connectivity index (χ2n) is 4.72. The highest BCUT2D eigenvalue weighted by atomic mass is 16.6. The van der Waals surface area contributed by atoms with E-state index in [1.54, 1.807) is 0 Å². The molecule has 124 valence electrons. The Morgan fingerprint density at radius 2 is 1.79 bits per heavy atom. The van der Waals surface area contributed by atoms with Crippen molar-refractivity contribution < 1.29 is 24.1 Å². The van der Waals surface area contributed by atoms with Crippen molar-refractivity contribution >= 4 is 17.3 Å². The van der Waals surface area contributed by atoms with Gasteiger partial charge in [-0.05, 0) is 25.1 Å². The number of aryl methyl sites for hydroxylation is 1. The summed E-state index contributed by atoms with van der Waals surface area (Å²) >= 11 is 0. The molecule has 9 nitrogen and oxygen atoms in total. The van der Waals surface area contributed by atoms with Crippen molar-refractivity contribution in [2.45, 2.75) is 6.92 Å². The summed E-state index contributed by atoms with van der Waals surface area (Å²) in [6.07, 6.45) is 0. The molecule has 0 aromatic heterocycles. The first-order valence-electron chi connectivity index (χ1n) is 6.70. The standard InChI is InChI=1S/C15H12N2O7/c1-10-7-13(5-6-14(10)17(21)22)24-15(18)9-23-12-4-2-3-11(8-12)16(19)20/h2-8H,9H2,1H3. The molecule has 0 aliphatic rings. The van der Waals surface area contributed by atoms with Crippen LogP contribution in [-0.2, 0) is 4.79 Å². The number of ether oxygens (including phenoxy) is 2. The molecule has 0 saturated heterocycles. The first-order chi connectivity index (χ1) is 11.4. The number of nitro groups is 2. The van der Waals surface area contributed by atoms with Gasteiger partial charge in [-0.3, -0.25) is 20.2 Å². The van der Waals surface area contributed by atoms with Crippen LogP contribution in [0.4, 0.5) is 11.4 Å². The van der Waals surface area contributed by atoms with Crippen LogP contribution >= 0.6 is 0 Å². The van der Waals surface area contributed by atoms with E-state index in [1.165, 1.54) is 49.4 Å². The topological polar surface area (TPSA) is 122 Å². The van der Waals surface area contributed by atoms with Crippen LogP contribution in [-0.4, -0.2) is 22.4 Å². The first kappa shape index (κ1) is 16.9. The Labute approximate surface area is 135 Å². The average molecular weight is 332 g/mol. The molecule has 9 heteroatoms. The summed E-state index contributed by atoms with van der Waals surface area (Å²) < 4.78 is 10.1. The molecular formula is C15H12N2O7. The zero-order valence-corrected chi connectivity index (χ0v) is 12.5. The number of carbonyl (C=O) groups excluding carboxylic acids is 1. The van der Waals surface area contributed by atoms with Gasteiger partial charge in [0.1, 0.15) is 11.5 Å². The van der Waals surface area contributed by atoms with Gasteiger partial charge in [-0.25, -0.2) is 4.79 Å². The van der Waals surface area contributed by atoms with Gasteiger partial charge in [0.15, 0.2) is 6.61 Å². The molecule has 0 aliphatic carbocycles. The second-order valence-corrected chi connectivity index (χ2v) is 4.72. The van der Waals surface area contributed by atoms with Crippen molar-refractivity contribution in [1.29, 1.82) is 0 Å². The molecule has 0 bridgehead atoms. The quantitative estimate of drug-likeness (QED) is 0.345. The molecule has 0 aliphatic heterocycles. The fourth-order valence-electron chi connectivity index (χ4n) is 1.89. The SMILES string of the molecule is Cc1cc(OC(=O)COc2cccc([N+](=O)[O-])c2)ccc1[N+](=O)[O-]. The number of non-ortho nitro benzene ring substituents is 1. The number of nitrogens with zero attached hydrogens (tertiary/aromatic N) is 2. The van der Waals surface area contributed by atoms with Crippen molar-refractivity contribution in [3.63, 3.8) is 0 Å². The Balaban J connectivity index is 1.96. The predicted octanol–water partition coefficient (Wildman–Crippen LogP) is 2.80. The van der Waals surface area contributed by atoms with Crippen molar-refractivity contribution in [3.8, 4) is 11.5 Å². The number of benzene rings is 2. The van der Waals surface area contributed by atoms with Gasteiger partial charge in [-0.1, -0.05) is 6.07 Å². The molecule has 0 atom stereocenters. The van der Waals surface area contributed by atoms with E-state index in [4.69, 9.17) is 9.47 Å². The van der Waals surface area contributed by atoms with Crippen molar-refractivity contribution in [2.75, 3.05) is 6.61 Å². The molecular weight excluding hydrogens is 320 g/mol. The summed E-state index contributed by atoms with van der Waals surface area (Å²) in [6.45, 7) is 1.06. The van der Waals surface area contributed by atoms with Gasteiger partial charge in [-0.15, -0.1) is 0 Å². The maximum Gasteiger partial charge on any atom is 0.349 e. The molecule has 0 saturated carbocycles. The predicted molar refractivity (Wildman–Crippen MR) is 82.1 cm³/mol. The summed E-state index contributed by atoms with van der Waals surface area (Å²) in [7, 11) is 0. The molecule has 0 unspecified atom stereocenters. The van der Waals surface area contributed by atoms with Crippen LogP contribution in [0.25, 0.3) is 0 Å². The summed E-state index contributed by atoms with van der Waals surface area (Å²) in [5.41, 5.74) is 0.111. The number of hydrogen-bond acceptors (Lipinski definition) is 7. The third-order valence-corrected chi connectivity index (χ3v) is 2.98. The molecule has 2 aromatic carbocycles. The van der Waals surface area contributed by atoms with Crippen molar-refractivity contribution in [2.24, 2.45) is 0 Å². The minimum absolute atomic E-state index is 0.0809. The van der Waals surface area contributed by atoms with Gasteiger partial charge < -0.3 is 9.47 Å². The lowest BCUT2D eigenvalue weighted by molar-refractivity contribution is -0.385. The third kappa shape index (κ3) is 4.26. The molecule has 0 heterocycles. The van der Waals surface area contributed by atoms with Gasteiger partial charge in [-0.2, -0.15) is 0 Å². The number of nitro benzene ring substituents is 2. The highest BCUT2D eigenvalue weighted by Crippen LogP contribution is 2.23. The summed E-state index contributed by atoms with van der Waals surface area (Å²) in [4.78, 5) is 32.0. The van der Waals surface area contributed by atoms with Gasteiger partial charge in [0.25, 0.3) is 11.4 Å². The van der Waals surface area contributed by atoms with E-state index in [0.29, 0.717) is 5.56 Å². The Morgan fingerprint density at radius 3 is 2.42 bits per heavy atom. The average Bonchev–Trinajstić information content (AvgIpc) is 2.53. The Bertz CT molecular complexity index is 804. The minimum atomic E-state index is -0.741. The van der Waals surface area contributed by atoms with Crippen LogP contribution in [0.15, 0.2) is 42.5 Å². The van der Waals surface area contributed by atoms with Crippen LogP contribution in [0.3, 0.4) is 0 Å². The summed E-state index contributed by atoms with van der Waals surface area (Å²) in [6, 6.07) is 9.28. The van der Waals surface area contributed by atoms with E-state index < -0.39 is 22.4 Å². The first-order valence-corrected chi connectivity index (χ1v) is 6.70. The van der Waals surface area contributed by atoms with E-state index in [9.17, 15) is 25.0 Å². The molecule has 0 N–H and O–H groups in total. The van der Waals surface area contributed by atoms with E-state index in [2.05, 4.69) is 0 Å². The number of esters is 1. The third-order valence-electron chi connectivity index (χ3n) is 2.98. The molecule has 0 fully saturated rings. The molecule has 24 heavy (non-hydrogen) atoms. The van der Waals surface area contributed by atoms with Crippen LogP contribution in [0.2, 0.25) is 0 Å². The van der Waals surface area contributed by atoms with Crippen molar-refractivity contribution in [3.05, 3.63) is 68.3 Å². The van der Waals surface area contributed by atoms with E-state index >= 15 is 0 Å². The molecule has 2 aromatic rings. The molecule has 0 amide bonds. The van der Waals surface area contributed by atoms with Gasteiger partial charge in [0.2, 0.25) is 0 Å². The Hall–Kier alpha value is -3.49. The fourth-order valence-corrected chi connectivity index (χ4v) is 1.89. The molecule has 0 radical (unpaired) electrons. The minimum Gasteiger partial charge on any atom is -0.482 e. The van der Waals surface area contributed by atoms with Gasteiger partial charge in [0.05, 0.1) is 15.9 Å². The monoisotopic (exact) mass is 332 g/mol. The van der Waals surface area contributed by atoms with E-state index in [-0.39, 0.29) is 22.9 Å². The smallest absolute Gasteiger partial charge is 0.349 e. The van der Waals surface area contributed by atoms with Crippen LogP contribution in [0, 0.1) is 27.2 Å². The van der Waals surface area contributed by atoms with Gasteiger partial charge >= 0.3 is 5.97 Å². The lowest BCUT2D eigenvalue weighted by Crippen LogP contribution is -2.17. The Kier molecular flexibility index (Phi) is 5.05. The van der Waals surface area contributed by atoms with E-state index in [1.807, 2.05) is 0 Å². The second kappa shape index (κ2) is 7.18.